The van der Waals surface area contributed by atoms with E-state index in [2.05, 4.69) is 10.2 Å². The minimum absolute atomic E-state index is 0.0498. The maximum Gasteiger partial charge on any atom is 0.321 e. The van der Waals surface area contributed by atoms with Gasteiger partial charge in [0, 0.05) is 29.5 Å². The van der Waals surface area contributed by atoms with Crippen molar-refractivity contribution >= 4 is 16.9 Å². The van der Waals surface area contributed by atoms with Crippen molar-refractivity contribution in [3.63, 3.8) is 0 Å². The summed E-state index contributed by atoms with van der Waals surface area (Å²) in [6.07, 6.45) is 5.06. The first-order valence-electron chi connectivity index (χ1n) is 6.30. The molecule has 10 nitrogen and oxygen atoms in total. The van der Waals surface area contributed by atoms with Gasteiger partial charge in [-0.25, -0.2) is 5.06 Å². The number of hydrogen-bond acceptors (Lipinski definition) is 9. The maximum atomic E-state index is 13.3. The number of aliphatic hydroxyl groups is 1. The first-order valence-corrected chi connectivity index (χ1v) is 6.30. The summed E-state index contributed by atoms with van der Waals surface area (Å²) in [6, 6.07) is 0. The number of allylic oxidation sites excluding steroid dienone is 4. The zero-order chi connectivity index (χ0) is 17.4. The third-order valence-corrected chi connectivity index (χ3v) is 3.05. The summed E-state index contributed by atoms with van der Waals surface area (Å²) in [5.41, 5.74) is -1.10. The minimum Gasteiger partial charge on any atom is -0.504 e. The van der Waals surface area contributed by atoms with Gasteiger partial charge in [0.2, 0.25) is 17.0 Å². The number of halogens is 1. The summed E-state index contributed by atoms with van der Waals surface area (Å²) < 4.78 is 18.6. The Bertz CT molecular complexity index is 1000. The van der Waals surface area contributed by atoms with Gasteiger partial charge < -0.3 is 9.52 Å². The fourth-order valence-electron chi connectivity index (χ4n) is 1.91. The van der Waals surface area contributed by atoms with Crippen LogP contribution in [-0.2, 0) is 4.79 Å². The summed E-state index contributed by atoms with van der Waals surface area (Å²) in [5.74, 6) is -2.96. The number of Topliss-reactive ketones (excluding diaryl/α,β-unsaturated/α-hetero) is 1. The molecule has 1 aliphatic carbocycles. The van der Waals surface area contributed by atoms with Gasteiger partial charge in [-0.15, -0.1) is 10.2 Å². The quantitative estimate of drug-likeness (QED) is 0.398. The van der Waals surface area contributed by atoms with Crippen molar-refractivity contribution in [1.82, 2.24) is 15.3 Å². The van der Waals surface area contributed by atoms with E-state index in [1.807, 2.05) is 0 Å². The number of hydrogen-bond donors (Lipinski definition) is 2. The smallest absolute Gasteiger partial charge is 0.321 e. The normalized spacial score (nSPS) is 22.2. The average molecular weight is 334 g/mol. The van der Waals surface area contributed by atoms with E-state index >= 15 is 0 Å². The van der Waals surface area contributed by atoms with Gasteiger partial charge in [-0.3, -0.25) is 20.1 Å². The van der Waals surface area contributed by atoms with Crippen molar-refractivity contribution in [1.29, 1.82) is 0 Å². The van der Waals surface area contributed by atoms with E-state index in [-0.39, 0.29) is 27.3 Å². The molecule has 122 valence electrons. The molecule has 0 saturated heterocycles. The van der Waals surface area contributed by atoms with Crippen LogP contribution in [0, 0.1) is 10.1 Å². The van der Waals surface area contributed by atoms with E-state index in [4.69, 9.17) is 9.62 Å². The molecule has 0 spiro atoms. The van der Waals surface area contributed by atoms with Crippen molar-refractivity contribution in [3.05, 3.63) is 69.1 Å². The molecule has 11 heteroatoms. The maximum absolute atomic E-state index is 13.3. The van der Waals surface area contributed by atoms with Gasteiger partial charge in [0.15, 0.2) is 5.76 Å². The molecular weight excluding hydrogens is 327 g/mol. The number of carbonyl (C=O) groups is 1. The van der Waals surface area contributed by atoms with Crippen LogP contribution in [0.2, 0.25) is 0 Å². The monoisotopic (exact) mass is 334 g/mol. The third-order valence-electron chi connectivity index (χ3n) is 3.05. The van der Waals surface area contributed by atoms with Crippen LogP contribution in [0.15, 0.2) is 52.3 Å². The Morgan fingerprint density at radius 1 is 1.21 bits per heavy atom. The zero-order valence-electron chi connectivity index (χ0n) is 11.6. The molecular formula is C13H7FN4O6. The van der Waals surface area contributed by atoms with Crippen LogP contribution >= 0.6 is 0 Å². The number of aliphatic hydroxyl groups excluding tert-OH is 1. The SMILES string of the molecule is O=C1C(O)=C/C(=c2\nn/c(=C3\C=CN(O)C(F)=C3)o2)C=C1[N+](=O)[O-]. The molecule has 0 aromatic carbocycles. The van der Waals surface area contributed by atoms with Crippen molar-refractivity contribution in [3.8, 4) is 0 Å². The summed E-state index contributed by atoms with van der Waals surface area (Å²) in [5, 5.41) is 36.9. The van der Waals surface area contributed by atoms with Gasteiger partial charge in [0.1, 0.15) is 0 Å². The predicted octanol–water partition coefficient (Wildman–Crippen LogP) is -0.414. The molecule has 1 aromatic heterocycles. The van der Waals surface area contributed by atoms with Gasteiger partial charge in [0.05, 0.1) is 4.92 Å². The Kier molecular flexibility index (Phi) is 3.54. The van der Waals surface area contributed by atoms with Crippen LogP contribution in [0.4, 0.5) is 4.39 Å². The van der Waals surface area contributed by atoms with Crippen molar-refractivity contribution < 1.29 is 28.8 Å². The average Bonchev–Trinajstić information content (AvgIpc) is 3.02. The molecule has 0 saturated carbocycles. The van der Waals surface area contributed by atoms with E-state index in [0.717, 1.165) is 24.4 Å². The van der Waals surface area contributed by atoms with Gasteiger partial charge in [-0.05, 0) is 12.2 Å². The molecule has 3 rings (SSSR count). The summed E-state index contributed by atoms with van der Waals surface area (Å²) in [7, 11) is 0. The summed E-state index contributed by atoms with van der Waals surface area (Å²) in [4.78, 5) is 21.3. The molecule has 1 aromatic rings. The van der Waals surface area contributed by atoms with Crippen molar-refractivity contribution in [2.45, 2.75) is 0 Å². The van der Waals surface area contributed by atoms with E-state index in [1.165, 1.54) is 6.08 Å². The molecule has 2 aliphatic rings. The molecule has 0 amide bonds. The van der Waals surface area contributed by atoms with Crippen molar-refractivity contribution in [2.24, 2.45) is 0 Å². The molecule has 0 fully saturated rings. The highest BCUT2D eigenvalue weighted by Gasteiger charge is 2.30. The summed E-state index contributed by atoms with van der Waals surface area (Å²) in [6.45, 7) is 0. The van der Waals surface area contributed by atoms with Gasteiger partial charge in [-0.2, -0.15) is 4.39 Å². The topological polar surface area (TPSA) is 143 Å². The Morgan fingerprint density at radius 2 is 1.88 bits per heavy atom. The Balaban J connectivity index is 2.17. The standard InChI is InChI=1S/C13H7FN4O6/c14-10-5-6(1-2-17(10)21)12-15-16-13(24-12)7-3-8(18(22)23)11(20)9(19)4-7/h1-5,19,21H/b12-6-,13-7+. The molecule has 0 unspecified atom stereocenters. The number of nitrogens with zero attached hydrogens (tertiary/aromatic N) is 4. The van der Waals surface area contributed by atoms with Crippen LogP contribution < -0.4 is 11.1 Å². The Morgan fingerprint density at radius 3 is 2.50 bits per heavy atom. The first kappa shape index (κ1) is 15.3. The number of hydroxylamine groups is 2. The fourth-order valence-corrected chi connectivity index (χ4v) is 1.91. The van der Waals surface area contributed by atoms with E-state index in [1.54, 1.807) is 0 Å². The highest BCUT2D eigenvalue weighted by molar-refractivity contribution is 6.09. The molecule has 0 bridgehead atoms. The number of carbonyl (C=O) groups excluding carboxylic acids is 1. The number of ketones is 1. The molecule has 0 atom stereocenters. The zero-order valence-corrected chi connectivity index (χ0v) is 11.6. The lowest BCUT2D eigenvalue weighted by Gasteiger charge is -2.11. The lowest BCUT2D eigenvalue weighted by molar-refractivity contribution is -0.418. The second-order valence-electron chi connectivity index (χ2n) is 4.60. The van der Waals surface area contributed by atoms with Gasteiger partial charge in [0.25, 0.3) is 5.78 Å². The Labute approximate surface area is 131 Å². The molecule has 0 radical (unpaired) electrons. The number of rotatable bonds is 1. The highest BCUT2D eigenvalue weighted by Crippen LogP contribution is 2.18. The lowest BCUT2D eigenvalue weighted by atomic mass is 10.1. The van der Waals surface area contributed by atoms with Crippen LogP contribution in [-0.4, -0.2) is 36.3 Å². The summed E-state index contributed by atoms with van der Waals surface area (Å²) >= 11 is 0. The number of aromatic nitrogens is 2. The van der Waals surface area contributed by atoms with Gasteiger partial charge >= 0.3 is 5.70 Å². The fraction of sp³-hybridized carbons (Fsp3) is 0. The molecule has 24 heavy (non-hydrogen) atoms. The molecule has 2 N–H and O–H groups in total. The van der Waals surface area contributed by atoms with Gasteiger partial charge in [-0.1, -0.05) is 0 Å². The number of nitro groups is 1. The molecule has 2 heterocycles. The highest BCUT2D eigenvalue weighted by atomic mass is 19.1. The van der Waals surface area contributed by atoms with Crippen LogP contribution in [0.25, 0.3) is 11.1 Å². The van der Waals surface area contributed by atoms with E-state index < -0.39 is 28.1 Å². The van der Waals surface area contributed by atoms with Crippen LogP contribution in [0.5, 0.6) is 0 Å². The first-order chi connectivity index (χ1) is 11.4. The second-order valence-corrected chi connectivity index (χ2v) is 4.60. The van der Waals surface area contributed by atoms with E-state index in [9.17, 15) is 24.4 Å². The van der Waals surface area contributed by atoms with Crippen LogP contribution in [0.1, 0.15) is 0 Å². The minimum atomic E-state index is -1.14. The largest absolute Gasteiger partial charge is 0.504 e. The van der Waals surface area contributed by atoms with E-state index in [0.29, 0.717) is 0 Å². The Hall–Kier alpha value is -3.60. The second kappa shape index (κ2) is 5.55. The van der Waals surface area contributed by atoms with Crippen molar-refractivity contribution in [2.75, 3.05) is 0 Å². The lowest BCUT2D eigenvalue weighted by Crippen LogP contribution is -2.19. The predicted molar refractivity (Wildman–Crippen MR) is 73.1 cm³/mol. The molecule has 1 aliphatic heterocycles. The third kappa shape index (κ3) is 2.59. The van der Waals surface area contributed by atoms with Crippen LogP contribution in [0.3, 0.4) is 0 Å².